The van der Waals surface area contributed by atoms with E-state index < -0.39 is 0 Å². The number of aryl methyl sites for hydroxylation is 2. The monoisotopic (exact) mass is 293 g/mol. The number of carbonyl (C=O) groups excluding carboxylic acids is 2. The highest BCUT2D eigenvalue weighted by Crippen LogP contribution is 2.13. The van der Waals surface area contributed by atoms with Gasteiger partial charge in [0.25, 0.3) is 0 Å². The third kappa shape index (κ3) is 3.77. The number of aromatic amines is 1. The minimum atomic E-state index is -0.318. The third-order valence-corrected chi connectivity index (χ3v) is 3.88. The first-order chi connectivity index (χ1) is 10.0. The van der Waals surface area contributed by atoms with Gasteiger partial charge in [0.1, 0.15) is 0 Å². The molecule has 0 radical (unpaired) electrons. The SMILES string of the molecule is COC(=O)N1CCCN(C(=O)Cc2cc(C)[nH]c2C)CC1. The Morgan fingerprint density at radius 1 is 1.19 bits per heavy atom. The van der Waals surface area contributed by atoms with Gasteiger partial charge in [0, 0.05) is 37.6 Å². The number of ether oxygens (including phenoxy) is 1. The largest absolute Gasteiger partial charge is 0.453 e. The van der Waals surface area contributed by atoms with Crippen molar-refractivity contribution in [1.82, 2.24) is 14.8 Å². The molecule has 1 aliphatic heterocycles. The summed E-state index contributed by atoms with van der Waals surface area (Å²) in [7, 11) is 1.38. The Bertz CT molecular complexity index is 524. The Kier molecular flexibility index (Phi) is 4.88. The van der Waals surface area contributed by atoms with Gasteiger partial charge in [-0.25, -0.2) is 4.79 Å². The van der Waals surface area contributed by atoms with Gasteiger partial charge in [-0.3, -0.25) is 4.79 Å². The summed E-state index contributed by atoms with van der Waals surface area (Å²) in [5, 5.41) is 0. The molecule has 0 unspecified atom stereocenters. The van der Waals surface area contributed by atoms with Crippen molar-refractivity contribution in [2.24, 2.45) is 0 Å². The van der Waals surface area contributed by atoms with E-state index in [1.54, 1.807) is 4.90 Å². The molecule has 1 aliphatic rings. The van der Waals surface area contributed by atoms with Crippen LogP contribution in [0, 0.1) is 13.8 Å². The molecule has 0 bridgehead atoms. The van der Waals surface area contributed by atoms with Gasteiger partial charge in [-0.05, 0) is 31.9 Å². The van der Waals surface area contributed by atoms with Crippen LogP contribution in [0.3, 0.4) is 0 Å². The average Bonchev–Trinajstić information content (AvgIpc) is 2.68. The molecule has 0 aliphatic carbocycles. The van der Waals surface area contributed by atoms with Gasteiger partial charge in [-0.1, -0.05) is 0 Å². The minimum absolute atomic E-state index is 0.115. The molecule has 0 atom stereocenters. The Balaban J connectivity index is 1.94. The molecule has 2 rings (SSSR count). The number of aromatic nitrogens is 1. The first kappa shape index (κ1) is 15.4. The van der Waals surface area contributed by atoms with Crippen molar-refractivity contribution in [1.29, 1.82) is 0 Å². The van der Waals surface area contributed by atoms with Gasteiger partial charge in [0.05, 0.1) is 13.5 Å². The number of carbonyl (C=O) groups is 2. The molecule has 6 heteroatoms. The van der Waals surface area contributed by atoms with Crippen LogP contribution in [-0.4, -0.2) is 60.1 Å². The molecule has 0 spiro atoms. The smallest absolute Gasteiger partial charge is 0.409 e. The Morgan fingerprint density at radius 3 is 2.48 bits per heavy atom. The van der Waals surface area contributed by atoms with Crippen LogP contribution < -0.4 is 0 Å². The standard InChI is InChI=1S/C15H23N3O3/c1-11-9-13(12(2)16-11)10-14(19)17-5-4-6-18(8-7-17)15(20)21-3/h9,16H,4-8,10H2,1-3H3. The summed E-state index contributed by atoms with van der Waals surface area (Å²) in [5.74, 6) is 0.115. The predicted molar refractivity (Wildman–Crippen MR) is 79.1 cm³/mol. The molecule has 2 heterocycles. The second-order valence-corrected chi connectivity index (χ2v) is 5.47. The number of hydrogen-bond donors (Lipinski definition) is 1. The summed E-state index contributed by atoms with van der Waals surface area (Å²) < 4.78 is 4.73. The minimum Gasteiger partial charge on any atom is -0.453 e. The van der Waals surface area contributed by atoms with E-state index in [4.69, 9.17) is 4.74 Å². The lowest BCUT2D eigenvalue weighted by Crippen LogP contribution is -2.37. The van der Waals surface area contributed by atoms with Crippen molar-refractivity contribution in [2.75, 3.05) is 33.3 Å². The van der Waals surface area contributed by atoms with Crippen molar-refractivity contribution in [3.05, 3.63) is 23.0 Å². The quantitative estimate of drug-likeness (QED) is 0.898. The molecule has 1 aromatic rings. The second kappa shape index (κ2) is 6.65. The maximum absolute atomic E-state index is 12.4. The molecule has 1 saturated heterocycles. The zero-order valence-corrected chi connectivity index (χ0v) is 12.9. The fraction of sp³-hybridized carbons (Fsp3) is 0.600. The highest BCUT2D eigenvalue weighted by Gasteiger charge is 2.22. The van der Waals surface area contributed by atoms with E-state index >= 15 is 0 Å². The number of methoxy groups -OCH3 is 1. The van der Waals surface area contributed by atoms with Crippen LogP contribution in [0.4, 0.5) is 4.79 Å². The maximum Gasteiger partial charge on any atom is 0.409 e. The first-order valence-electron chi connectivity index (χ1n) is 7.27. The fourth-order valence-electron chi connectivity index (χ4n) is 2.72. The van der Waals surface area contributed by atoms with Crippen LogP contribution >= 0.6 is 0 Å². The molecular weight excluding hydrogens is 270 g/mol. The van der Waals surface area contributed by atoms with Crippen LogP contribution in [-0.2, 0) is 16.0 Å². The molecule has 0 aromatic carbocycles. The van der Waals surface area contributed by atoms with E-state index in [9.17, 15) is 9.59 Å². The van der Waals surface area contributed by atoms with E-state index in [-0.39, 0.29) is 12.0 Å². The van der Waals surface area contributed by atoms with E-state index in [0.29, 0.717) is 32.6 Å². The fourth-order valence-corrected chi connectivity index (χ4v) is 2.72. The molecule has 21 heavy (non-hydrogen) atoms. The number of H-pyrrole nitrogens is 1. The molecule has 0 saturated carbocycles. The molecule has 1 N–H and O–H groups in total. The van der Waals surface area contributed by atoms with Crippen LogP contribution in [0.1, 0.15) is 23.4 Å². The molecule has 1 aromatic heterocycles. The highest BCUT2D eigenvalue weighted by atomic mass is 16.5. The molecule has 1 fully saturated rings. The van der Waals surface area contributed by atoms with Crippen molar-refractivity contribution in [3.8, 4) is 0 Å². The summed E-state index contributed by atoms with van der Waals surface area (Å²) in [5.41, 5.74) is 3.17. The topological polar surface area (TPSA) is 65.6 Å². The van der Waals surface area contributed by atoms with Gasteiger partial charge < -0.3 is 19.5 Å². The zero-order valence-electron chi connectivity index (χ0n) is 12.9. The van der Waals surface area contributed by atoms with Gasteiger partial charge in [0.15, 0.2) is 0 Å². The Labute approximate surface area is 125 Å². The lowest BCUT2D eigenvalue weighted by atomic mass is 10.1. The summed E-state index contributed by atoms with van der Waals surface area (Å²) in [6.07, 6.45) is 0.877. The third-order valence-electron chi connectivity index (χ3n) is 3.88. The lowest BCUT2D eigenvalue weighted by molar-refractivity contribution is -0.130. The normalized spacial score (nSPS) is 15.8. The van der Waals surface area contributed by atoms with E-state index in [0.717, 1.165) is 23.4 Å². The lowest BCUT2D eigenvalue weighted by Gasteiger charge is -2.21. The highest BCUT2D eigenvalue weighted by molar-refractivity contribution is 5.79. The predicted octanol–water partition coefficient (Wildman–Crippen LogP) is 1.47. The van der Waals surface area contributed by atoms with Crippen molar-refractivity contribution in [3.63, 3.8) is 0 Å². The summed E-state index contributed by atoms with van der Waals surface area (Å²) in [6, 6.07) is 2.02. The van der Waals surface area contributed by atoms with Crippen molar-refractivity contribution >= 4 is 12.0 Å². The number of rotatable bonds is 2. The van der Waals surface area contributed by atoms with Gasteiger partial charge in [-0.15, -0.1) is 0 Å². The number of amides is 2. The summed E-state index contributed by atoms with van der Waals surface area (Å²) >= 11 is 0. The summed E-state index contributed by atoms with van der Waals surface area (Å²) in [6.45, 7) is 6.39. The first-order valence-corrected chi connectivity index (χ1v) is 7.27. The van der Waals surface area contributed by atoms with Crippen LogP contribution in [0.25, 0.3) is 0 Å². The Morgan fingerprint density at radius 2 is 1.86 bits per heavy atom. The van der Waals surface area contributed by atoms with Crippen LogP contribution in [0.5, 0.6) is 0 Å². The molecule has 116 valence electrons. The van der Waals surface area contributed by atoms with Gasteiger partial charge in [0.2, 0.25) is 5.91 Å². The molecule has 6 nitrogen and oxygen atoms in total. The molecule has 2 amide bonds. The second-order valence-electron chi connectivity index (χ2n) is 5.47. The zero-order chi connectivity index (χ0) is 15.4. The van der Waals surface area contributed by atoms with E-state index in [1.807, 2.05) is 24.8 Å². The van der Waals surface area contributed by atoms with E-state index in [1.165, 1.54) is 7.11 Å². The van der Waals surface area contributed by atoms with Gasteiger partial charge in [-0.2, -0.15) is 0 Å². The maximum atomic E-state index is 12.4. The number of hydrogen-bond acceptors (Lipinski definition) is 3. The van der Waals surface area contributed by atoms with Crippen LogP contribution in [0.2, 0.25) is 0 Å². The average molecular weight is 293 g/mol. The molecular formula is C15H23N3O3. The van der Waals surface area contributed by atoms with Crippen molar-refractivity contribution in [2.45, 2.75) is 26.7 Å². The number of nitrogens with zero attached hydrogens (tertiary/aromatic N) is 2. The van der Waals surface area contributed by atoms with E-state index in [2.05, 4.69) is 4.98 Å². The van der Waals surface area contributed by atoms with Gasteiger partial charge >= 0.3 is 6.09 Å². The summed E-state index contributed by atoms with van der Waals surface area (Å²) in [4.78, 5) is 30.6. The van der Waals surface area contributed by atoms with Crippen LogP contribution in [0.15, 0.2) is 6.07 Å². The Hall–Kier alpha value is -1.98. The number of nitrogens with one attached hydrogen (secondary N) is 1. The van der Waals surface area contributed by atoms with Crippen molar-refractivity contribution < 1.29 is 14.3 Å².